The molecule has 0 bridgehead atoms. The van der Waals surface area contributed by atoms with Crippen molar-refractivity contribution >= 4 is 17.3 Å². The van der Waals surface area contributed by atoms with Gasteiger partial charge in [0.1, 0.15) is 5.75 Å². The summed E-state index contributed by atoms with van der Waals surface area (Å²) in [7, 11) is 1.80. The van der Waals surface area contributed by atoms with Crippen molar-refractivity contribution in [2.75, 3.05) is 20.2 Å². The molecule has 1 aliphatic rings. The van der Waals surface area contributed by atoms with E-state index >= 15 is 0 Å². The van der Waals surface area contributed by atoms with Crippen LogP contribution in [0.3, 0.4) is 0 Å². The van der Waals surface area contributed by atoms with Crippen LogP contribution in [-0.4, -0.2) is 31.1 Å². The highest BCUT2D eigenvalue weighted by Gasteiger charge is 2.21. The summed E-state index contributed by atoms with van der Waals surface area (Å²) in [6, 6.07) is 8.42. The number of hydrogen-bond acceptors (Lipinski definition) is 4. The SMILES string of the molecule is CCc1cnc(CCNC(=NC)NC2CCOc3ccccc32)s1. The lowest BCUT2D eigenvalue weighted by Crippen LogP contribution is -2.41. The van der Waals surface area contributed by atoms with Crippen molar-refractivity contribution in [2.45, 2.75) is 32.2 Å². The van der Waals surface area contributed by atoms with Crippen molar-refractivity contribution in [1.29, 1.82) is 0 Å². The summed E-state index contributed by atoms with van der Waals surface area (Å²) in [5.41, 5.74) is 1.19. The first-order valence-electron chi connectivity index (χ1n) is 8.42. The summed E-state index contributed by atoms with van der Waals surface area (Å²) >= 11 is 1.79. The Morgan fingerprint density at radius 2 is 2.29 bits per heavy atom. The maximum Gasteiger partial charge on any atom is 0.191 e. The lowest BCUT2D eigenvalue weighted by molar-refractivity contribution is 0.261. The predicted octanol–water partition coefficient (Wildman–Crippen LogP) is 2.94. The molecule has 1 unspecified atom stereocenters. The van der Waals surface area contributed by atoms with Gasteiger partial charge in [-0.25, -0.2) is 4.98 Å². The summed E-state index contributed by atoms with van der Waals surface area (Å²) in [5.74, 6) is 1.79. The fraction of sp³-hybridized carbons (Fsp3) is 0.444. The average molecular weight is 344 g/mol. The Bertz CT molecular complexity index is 698. The molecule has 1 aliphatic heterocycles. The van der Waals surface area contributed by atoms with Gasteiger partial charge < -0.3 is 15.4 Å². The maximum atomic E-state index is 5.71. The molecule has 0 spiro atoms. The lowest BCUT2D eigenvalue weighted by atomic mass is 10.0. The first-order chi connectivity index (χ1) is 11.8. The third-order valence-corrected chi connectivity index (χ3v) is 5.28. The largest absolute Gasteiger partial charge is 0.493 e. The number of fused-ring (bicyclic) bond motifs is 1. The van der Waals surface area contributed by atoms with Crippen LogP contribution in [0.5, 0.6) is 5.75 Å². The van der Waals surface area contributed by atoms with Gasteiger partial charge in [0.2, 0.25) is 0 Å². The van der Waals surface area contributed by atoms with E-state index in [2.05, 4.69) is 33.6 Å². The van der Waals surface area contributed by atoms with Crippen LogP contribution in [0.1, 0.15) is 34.8 Å². The van der Waals surface area contributed by atoms with Gasteiger partial charge in [-0.1, -0.05) is 25.1 Å². The van der Waals surface area contributed by atoms with Gasteiger partial charge in [0.25, 0.3) is 0 Å². The molecule has 0 radical (unpaired) electrons. The lowest BCUT2D eigenvalue weighted by Gasteiger charge is -2.28. The van der Waals surface area contributed by atoms with Crippen molar-refractivity contribution in [3.63, 3.8) is 0 Å². The van der Waals surface area contributed by atoms with Crippen LogP contribution in [0.2, 0.25) is 0 Å². The summed E-state index contributed by atoms with van der Waals surface area (Å²) in [6.07, 6.45) is 4.88. The van der Waals surface area contributed by atoms with Gasteiger partial charge in [0, 0.05) is 43.1 Å². The molecule has 2 aromatic rings. The van der Waals surface area contributed by atoms with Crippen molar-refractivity contribution < 1.29 is 4.74 Å². The van der Waals surface area contributed by atoms with E-state index in [0.29, 0.717) is 0 Å². The average Bonchev–Trinajstić information content (AvgIpc) is 3.09. The van der Waals surface area contributed by atoms with Gasteiger partial charge in [-0.3, -0.25) is 4.99 Å². The molecule has 0 amide bonds. The quantitative estimate of drug-likeness (QED) is 0.647. The number of aromatic nitrogens is 1. The van der Waals surface area contributed by atoms with Crippen molar-refractivity contribution in [3.8, 4) is 5.75 Å². The highest BCUT2D eigenvalue weighted by atomic mass is 32.1. The minimum atomic E-state index is 0.229. The van der Waals surface area contributed by atoms with Gasteiger partial charge in [-0.2, -0.15) is 0 Å². The van der Waals surface area contributed by atoms with E-state index in [4.69, 9.17) is 4.74 Å². The van der Waals surface area contributed by atoms with Crippen molar-refractivity contribution in [2.24, 2.45) is 4.99 Å². The Morgan fingerprint density at radius 1 is 1.42 bits per heavy atom. The van der Waals surface area contributed by atoms with Crippen LogP contribution >= 0.6 is 11.3 Å². The third kappa shape index (κ3) is 4.06. The van der Waals surface area contributed by atoms with E-state index in [9.17, 15) is 0 Å². The van der Waals surface area contributed by atoms with Gasteiger partial charge in [0.15, 0.2) is 5.96 Å². The standard InChI is InChI=1S/C18H24N4OS/c1-3-13-12-21-17(24-13)8-10-20-18(19-2)22-15-9-11-23-16-7-5-4-6-14(15)16/h4-7,12,15H,3,8-11H2,1-2H3,(H2,19,20,22). The number of nitrogens with zero attached hydrogens (tertiary/aromatic N) is 2. The zero-order chi connectivity index (χ0) is 16.8. The number of guanidine groups is 1. The smallest absolute Gasteiger partial charge is 0.191 e. The molecule has 1 aromatic heterocycles. The zero-order valence-electron chi connectivity index (χ0n) is 14.2. The number of benzene rings is 1. The molecule has 0 saturated heterocycles. The fourth-order valence-corrected chi connectivity index (χ4v) is 3.63. The molecule has 6 heteroatoms. The molecular formula is C18H24N4OS. The fourth-order valence-electron chi connectivity index (χ4n) is 2.77. The van der Waals surface area contributed by atoms with Crippen molar-refractivity contribution in [3.05, 3.63) is 45.9 Å². The minimum Gasteiger partial charge on any atom is -0.493 e. The second-order valence-electron chi connectivity index (χ2n) is 5.69. The monoisotopic (exact) mass is 344 g/mol. The Kier molecular flexibility index (Phi) is 5.69. The number of aliphatic imine (C=N–C) groups is 1. The van der Waals surface area contributed by atoms with Gasteiger partial charge >= 0.3 is 0 Å². The first-order valence-corrected chi connectivity index (χ1v) is 9.24. The molecule has 0 fully saturated rings. The van der Waals surface area contributed by atoms with E-state index in [1.807, 2.05) is 24.4 Å². The summed E-state index contributed by atoms with van der Waals surface area (Å²) < 4.78 is 5.71. The highest BCUT2D eigenvalue weighted by molar-refractivity contribution is 7.11. The molecule has 3 rings (SSSR count). The van der Waals surface area contributed by atoms with Crippen LogP contribution in [0.25, 0.3) is 0 Å². The van der Waals surface area contributed by atoms with Gasteiger partial charge in [-0.15, -0.1) is 11.3 Å². The van der Waals surface area contributed by atoms with Crippen LogP contribution in [0.15, 0.2) is 35.5 Å². The predicted molar refractivity (Wildman–Crippen MR) is 99.0 cm³/mol. The number of para-hydroxylation sites is 1. The second kappa shape index (κ2) is 8.15. The molecule has 128 valence electrons. The second-order valence-corrected chi connectivity index (χ2v) is 6.89. The van der Waals surface area contributed by atoms with E-state index in [-0.39, 0.29) is 6.04 Å². The molecule has 2 heterocycles. The number of nitrogens with one attached hydrogen (secondary N) is 2. The molecule has 1 atom stereocenters. The first kappa shape index (κ1) is 16.8. The summed E-state index contributed by atoms with van der Waals surface area (Å²) in [4.78, 5) is 10.1. The molecule has 2 N–H and O–H groups in total. The number of ether oxygens (including phenoxy) is 1. The summed E-state index contributed by atoms with van der Waals surface area (Å²) in [6.45, 7) is 3.71. The van der Waals surface area contributed by atoms with Gasteiger partial charge in [0.05, 0.1) is 17.7 Å². The third-order valence-electron chi connectivity index (χ3n) is 4.07. The Labute approximate surface area is 147 Å². The topological polar surface area (TPSA) is 58.5 Å². The summed E-state index contributed by atoms with van der Waals surface area (Å²) in [5, 5.41) is 8.07. The van der Waals surface area contributed by atoms with Crippen LogP contribution < -0.4 is 15.4 Å². The molecular weight excluding hydrogens is 320 g/mol. The van der Waals surface area contributed by atoms with E-state index in [0.717, 1.165) is 44.1 Å². The van der Waals surface area contributed by atoms with Crippen LogP contribution in [0, 0.1) is 0 Å². The van der Waals surface area contributed by atoms with E-state index in [1.165, 1.54) is 15.4 Å². The normalized spacial score (nSPS) is 17.1. The Morgan fingerprint density at radius 3 is 3.08 bits per heavy atom. The zero-order valence-corrected chi connectivity index (χ0v) is 15.0. The number of hydrogen-bond donors (Lipinski definition) is 2. The van der Waals surface area contributed by atoms with Gasteiger partial charge in [-0.05, 0) is 12.5 Å². The number of rotatable bonds is 5. The molecule has 5 nitrogen and oxygen atoms in total. The van der Waals surface area contributed by atoms with Crippen LogP contribution in [0.4, 0.5) is 0 Å². The number of thiazole rings is 1. The number of aryl methyl sites for hydroxylation is 1. The Balaban J connectivity index is 1.54. The van der Waals surface area contributed by atoms with Crippen LogP contribution in [-0.2, 0) is 12.8 Å². The molecule has 0 saturated carbocycles. The van der Waals surface area contributed by atoms with E-state index in [1.54, 1.807) is 18.4 Å². The van der Waals surface area contributed by atoms with Crippen molar-refractivity contribution in [1.82, 2.24) is 15.6 Å². The molecule has 1 aromatic carbocycles. The maximum absolute atomic E-state index is 5.71. The highest BCUT2D eigenvalue weighted by Crippen LogP contribution is 2.31. The Hall–Kier alpha value is -2.08. The molecule has 0 aliphatic carbocycles. The minimum absolute atomic E-state index is 0.229. The molecule has 24 heavy (non-hydrogen) atoms. The van der Waals surface area contributed by atoms with E-state index < -0.39 is 0 Å².